The van der Waals surface area contributed by atoms with Crippen molar-refractivity contribution in [3.05, 3.63) is 66.3 Å². The minimum atomic E-state index is -4.64. The first-order valence-corrected chi connectivity index (χ1v) is 9.83. The van der Waals surface area contributed by atoms with Gasteiger partial charge in [0, 0.05) is 44.3 Å². The van der Waals surface area contributed by atoms with Gasteiger partial charge in [0.05, 0.1) is 11.3 Å². The summed E-state index contributed by atoms with van der Waals surface area (Å²) in [6.45, 7) is 0.323. The van der Waals surface area contributed by atoms with Crippen LogP contribution >= 0.6 is 0 Å². The van der Waals surface area contributed by atoms with E-state index in [1.165, 1.54) is 6.33 Å². The van der Waals surface area contributed by atoms with E-state index in [0.717, 1.165) is 12.4 Å². The molecule has 3 aromatic heterocycles. The zero-order valence-electron chi connectivity index (χ0n) is 16.8. The molecule has 0 spiro atoms. The van der Waals surface area contributed by atoms with Crippen LogP contribution in [-0.4, -0.2) is 54.5 Å². The molecule has 1 fully saturated rings. The molecule has 0 atom stereocenters. The summed E-state index contributed by atoms with van der Waals surface area (Å²) in [5.41, 5.74) is -0.112. The molecule has 0 radical (unpaired) electrons. The second kappa shape index (κ2) is 8.56. The van der Waals surface area contributed by atoms with Gasteiger partial charge in [-0.2, -0.15) is 13.2 Å². The lowest BCUT2D eigenvalue weighted by Gasteiger charge is -2.36. The standard InChI is InChI=1S/C21H18F4N6O/c22-20(10-14-11-28-19(29-12-14)21(23,24)25)4-8-31(9-5-20)18(32)15-2-1-6-27-17(15)16-3-7-26-13-30-16/h1-3,6-7,11-13H,4-5,8-10H2. The van der Waals surface area contributed by atoms with Crippen molar-refractivity contribution in [2.45, 2.75) is 31.1 Å². The van der Waals surface area contributed by atoms with E-state index in [2.05, 4.69) is 24.9 Å². The SMILES string of the molecule is O=C(c1cccnc1-c1ccncn1)N1CCC(F)(Cc2cnc(C(F)(F)F)nc2)CC1. The van der Waals surface area contributed by atoms with E-state index in [1.807, 2.05) is 0 Å². The molecule has 4 rings (SSSR count). The predicted octanol–water partition coefficient (Wildman–Crippen LogP) is 3.53. The number of hydrogen-bond acceptors (Lipinski definition) is 6. The maximum absolute atomic E-state index is 15.3. The fourth-order valence-corrected chi connectivity index (χ4v) is 3.63. The van der Waals surface area contributed by atoms with Gasteiger partial charge in [-0.1, -0.05) is 0 Å². The number of amides is 1. The Bertz CT molecular complexity index is 1080. The van der Waals surface area contributed by atoms with Crippen LogP contribution in [0.4, 0.5) is 17.6 Å². The highest BCUT2D eigenvalue weighted by molar-refractivity contribution is 5.99. The molecule has 11 heteroatoms. The molecule has 1 saturated heterocycles. The number of hydrogen-bond donors (Lipinski definition) is 0. The molecule has 0 aliphatic carbocycles. The highest BCUT2D eigenvalue weighted by Crippen LogP contribution is 2.32. The molecule has 1 amide bonds. The molecule has 1 aliphatic heterocycles. The largest absolute Gasteiger partial charge is 0.451 e. The molecular weight excluding hydrogens is 428 g/mol. The van der Waals surface area contributed by atoms with E-state index >= 15 is 4.39 Å². The molecule has 32 heavy (non-hydrogen) atoms. The summed E-state index contributed by atoms with van der Waals surface area (Å²) >= 11 is 0. The lowest BCUT2D eigenvalue weighted by atomic mass is 9.87. The number of carbonyl (C=O) groups is 1. The molecule has 0 bridgehead atoms. The molecule has 166 valence electrons. The number of rotatable bonds is 4. The second-order valence-electron chi connectivity index (χ2n) is 7.53. The van der Waals surface area contributed by atoms with Crippen molar-refractivity contribution in [1.82, 2.24) is 29.8 Å². The predicted molar refractivity (Wildman–Crippen MR) is 105 cm³/mol. The number of piperidine rings is 1. The number of likely N-dealkylation sites (tertiary alicyclic amines) is 1. The normalized spacial score (nSPS) is 16.1. The molecule has 3 aromatic rings. The van der Waals surface area contributed by atoms with Gasteiger partial charge in [-0.25, -0.2) is 24.3 Å². The number of nitrogens with zero attached hydrogens (tertiary/aromatic N) is 6. The summed E-state index contributed by atoms with van der Waals surface area (Å²) in [4.78, 5) is 33.5. The zero-order valence-corrected chi connectivity index (χ0v) is 16.8. The van der Waals surface area contributed by atoms with E-state index in [1.54, 1.807) is 35.5 Å². The Balaban J connectivity index is 1.43. The van der Waals surface area contributed by atoms with Crippen molar-refractivity contribution >= 4 is 5.91 Å². The van der Waals surface area contributed by atoms with Crippen LogP contribution in [0.5, 0.6) is 0 Å². The molecule has 0 aromatic carbocycles. The Hall–Kier alpha value is -3.50. The van der Waals surface area contributed by atoms with Crippen molar-refractivity contribution in [3.8, 4) is 11.4 Å². The summed E-state index contributed by atoms with van der Waals surface area (Å²) in [6.07, 6.45) is 1.79. The topological polar surface area (TPSA) is 84.8 Å². The highest BCUT2D eigenvalue weighted by atomic mass is 19.4. The van der Waals surface area contributed by atoms with Gasteiger partial charge in [0.25, 0.3) is 5.91 Å². The van der Waals surface area contributed by atoms with Crippen LogP contribution in [0, 0.1) is 0 Å². The van der Waals surface area contributed by atoms with Crippen LogP contribution in [-0.2, 0) is 12.6 Å². The molecular formula is C21H18F4N6O. The minimum absolute atomic E-state index is 0.0445. The Morgan fingerprint density at radius 3 is 2.38 bits per heavy atom. The molecule has 4 heterocycles. The van der Waals surface area contributed by atoms with Gasteiger partial charge < -0.3 is 4.90 Å². The van der Waals surface area contributed by atoms with E-state index < -0.39 is 17.7 Å². The first kappa shape index (κ1) is 21.7. The first-order valence-electron chi connectivity index (χ1n) is 9.83. The summed E-state index contributed by atoms with van der Waals surface area (Å²) in [7, 11) is 0. The van der Waals surface area contributed by atoms with Crippen LogP contribution in [0.15, 0.2) is 49.3 Å². The Labute approximate surface area is 180 Å². The average Bonchev–Trinajstić information content (AvgIpc) is 2.79. The summed E-state index contributed by atoms with van der Waals surface area (Å²) in [5, 5.41) is 0. The zero-order chi connectivity index (χ0) is 22.8. The highest BCUT2D eigenvalue weighted by Gasteiger charge is 2.38. The maximum Gasteiger partial charge on any atom is 0.451 e. The van der Waals surface area contributed by atoms with Crippen LogP contribution in [0.3, 0.4) is 0 Å². The monoisotopic (exact) mass is 446 g/mol. The lowest BCUT2D eigenvalue weighted by Crippen LogP contribution is -2.45. The van der Waals surface area contributed by atoms with Crippen molar-refractivity contribution in [2.24, 2.45) is 0 Å². The van der Waals surface area contributed by atoms with Gasteiger partial charge in [0.15, 0.2) is 0 Å². The van der Waals surface area contributed by atoms with E-state index in [0.29, 0.717) is 17.0 Å². The number of aromatic nitrogens is 5. The quantitative estimate of drug-likeness (QED) is 0.570. The van der Waals surface area contributed by atoms with Gasteiger partial charge in [0.1, 0.15) is 17.7 Å². The van der Waals surface area contributed by atoms with E-state index in [9.17, 15) is 18.0 Å². The third kappa shape index (κ3) is 4.71. The second-order valence-corrected chi connectivity index (χ2v) is 7.53. The number of halogens is 4. The van der Waals surface area contributed by atoms with Crippen molar-refractivity contribution in [1.29, 1.82) is 0 Å². The fourth-order valence-electron chi connectivity index (χ4n) is 3.63. The Morgan fingerprint density at radius 1 is 1.03 bits per heavy atom. The van der Waals surface area contributed by atoms with Gasteiger partial charge in [-0.3, -0.25) is 9.78 Å². The Kier molecular flexibility index (Phi) is 5.81. The van der Waals surface area contributed by atoms with Gasteiger partial charge in [0.2, 0.25) is 5.82 Å². The molecule has 0 N–H and O–H groups in total. The van der Waals surface area contributed by atoms with Gasteiger partial charge in [-0.15, -0.1) is 0 Å². The van der Waals surface area contributed by atoms with E-state index in [4.69, 9.17) is 0 Å². The van der Waals surface area contributed by atoms with Crippen LogP contribution in [0.1, 0.15) is 34.6 Å². The molecule has 0 saturated carbocycles. The molecule has 0 unspecified atom stereocenters. The summed E-state index contributed by atoms with van der Waals surface area (Å²) < 4.78 is 53.1. The van der Waals surface area contributed by atoms with Crippen molar-refractivity contribution < 1.29 is 22.4 Å². The number of pyridine rings is 1. The number of carbonyl (C=O) groups excluding carboxylic acids is 1. The smallest absolute Gasteiger partial charge is 0.338 e. The van der Waals surface area contributed by atoms with Gasteiger partial charge in [-0.05, 0) is 36.6 Å². The summed E-state index contributed by atoms with van der Waals surface area (Å²) in [5.74, 6) is -1.54. The van der Waals surface area contributed by atoms with E-state index in [-0.39, 0.29) is 43.8 Å². The van der Waals surface area contributed by atoms with Crippen LogP contribution < -0.4 is 0 Å². The maximum atomic E-state index is 15.3. The third-order valence-electron chi connectivity index (χ3n) is 5.29. The third-order valence-corrected chi connectivity index (χ3v) is 5.29. The summed E-state index contributed by atoms with van der Waals surface area (Å²) in [6, 6.07) is 4.93. The minimum Gasteiger partial charge on any atom is -0.338 e. The van der Waals surface area contributed by atoms with Crippen LogP contribution in [0.2, 0.25) is 0 Å². The Morgan fingerprint density at radius 2 is 1.75 bits per heavy atom. The van der Waals surface area contributed by atoms with Crippen molar-refractivity contribution in [2.75, 3.05) is 13.1 Å². The molecule has 1 aliphatic rings. The average molecular weight is 446 g/mol. The van der Waals surface area contributed by atoms with Crippen molar-refractivity contribution in [3.63, 3.8) is 0 Å². The molecule has 7 nitrogen and oxygen atoms in total. The first-order chi connectivity index (χ1) is 15.3. The number of alkyl halides is 4. The fraction of sp³-hybridized carbons (Fsp3) is 0.333. The van der Waals surface area contributed by atoms with Gasteiger partial charge >= 0.3 is 6.18 Å². The van der Waals surface area contributed by atoms with Crippen LogP contribution in [0.25, 0.3) is 11.4 Å². The lowest BCUT2D eigenvalue weighted by molar-refractivity contribution is -0.145.